The first kappa shape index (κ1) is 17.0. The second-order valence-electron chi connectivity index (χ2n) is 6.61. The van der Waals surface area contributed by atoms with Gasteiger partial charge in [-0.15, -0.1) is 5.10 Å². The van der Waals surface area contributed by atoms with Gasteiger partial charge in [0.1, 0.15) is 5.70 Å². The summed E-state index contributed by atoms with van der Waals surface area (Å²) in [5.74, 6) is 0.690. The number of thioether (sulfide) groups is 1. The van der Waals surface area contributed by atoms with Gasteiger partial charge in [-0.05, 0) is 34.2 Å². The number of nitrogens with zero attached hydrogens (tertiary/aromatic N) is 3. The van der Waals surface area contributed by atoms with Crippen LogP contribution in [-0.2, 0) is 4.79 Å². The summed E-state index contributed by atoms with van der Waals surface area (Å²) in [5.41, 5.74) is 1.55. The molecular formula is C22H18N4OS. The van der Waals surface area contributed by atoms with Crippen molar-refractivity contribution in [2.75, 3.05) is 5.75 Å². The Labute approximate surface area is 166 Å². The van der Waals surface area contributed by atoms with Gasteiger partial charge in [-0.3, -0.25) is 15.1 Å². The summed E-state index contributed by atoms with van der Waals surface area (Å²) in [7, 11) is 0. The standard InChI is InChI=1S/C22H18N4OS/c1-2-28-22-24-21(27)19-17-9-5-6-10-18(17)23-20(26(19)25-22)16-12-11-14-7-3-4-8-15(14)13-16/h3-13,20H,2H2,1H3,(H,24,25,27)/t20-/m0/s1. The van der Waals surface area contributed by atoms with Gasteiger partial charge in [-0.1, -0.05) is 73.3 Å². The molecule has 1 atom stereocenters. The number of rotatable bonds is 2. The van der Waals surface area contributed by atoms with Crippen molar-refractivity contribution in [3.8, 4) is 0 Å². The van der Waals surface area contributed by atoms with Crippen molar-refractivity contribution < 1.29 is 4.79 Å². The predicted molar refractivity (Wildman–Crippen MR) is 113 cm³/mol. The van der Waals surface area contributed by atoms with Crippen LogP contribution in [0.2, 0.25) is 0 Å². The molecule has 0 aliphatic carbocycles. The molecule has 0 fully saturated rings. The molecule has 28 heavy (non-hydrogen) atoms. The first-order valence-electron chi connectivity index (χ1n) is 9.22. The van der Waals surface area contributed by atoms with Gasteiger partial charge in [-0.25, -0.2) is 5.01 Å². The van der Waals surface area contributed by atoms with E-state index in [1.165, 1.54) is 17.1 Å². The molecule has 6 heteroatoms. The number of carbonyl (C=O) groups is 1. The molecule has 0 saturated heterocycles. The van der Waals surface area contributed by atoms with Crippen molar-refractivity contribution in [3.05, 3.63) is 82.9 Å². The Balaban J connectivity index is 1.73. The summed E-state index contributed by atoms with van der Waals surface area (Å²) < 4.78 is 0. The minimum absolute atomic E-state index is 0.140. The Morgan fingerprint density at radius 3 is 2.68 bits per heavy atom. The molecule has 2 aliphatic rings. The highest BCUT2D eigenvalue weighted by atomic mass is 32.2. The molecule has 2 heterocycles. The van der Waals surface area contributed by atoms with Crippen LogP contribution in [0.25, 0.3) is 16.5 Å². The van der Waals surface area contributed by atoms with Crippen LogP contribution in [0.1, 0.15) is 18.7 Å². The van der Waals surface area contributed by atoms with Crippen LogP contribution < -0.4 is 15.9 Å². The van der Waals surface area contributed by atoms with Gasteiger partial charge in [0.25, 0.3) is 5.91 Å². The number of amides is 1. The van der Waals surface area contributed by atoms with E-state index < -0.39 is 0 Å². The van der Waals surface area contributed by atoms with E-state index in [0.29, 0.717) is 10.9 Å². The van der Waals surface area contributed by atoms with E-state index in [1.54, 1.807) is 5.01 Å². The number of fused-ring (bicyclic) bond motifs is 3. The molecule has 3 aromatic rings. The number of hydrazone groups is 1. The second-order valence-corrected chi connectivity index (χ2v) is 7.86. The topological polar surface area (TPSA) is 57.1 Å². The molecular weight excluding hydrogens is 368 g/mol. The summed E-state index contributed by atoms with van der Waals surface area (Å²) in [6.07, 6.45) is -0.381. The molecule has 5 nitrogen and oxygen atoms in total. The quantitative estimate of drug-likeness (QED) is 0.737. The number of para-hydroxylation sites is 1. The van der Waals surface area contributed by atoms with Gasteiger partial charge in [0.15, 0.2) is 11.3 Å². The maximum Gasteiger partial charge on any atom is 0.276 e. The second kappa shape index (κ2) is 6.80. The molecule has 3 aromatic carbocycles. The molecule has 0 aromatic heterocycles. The molecule has 0 unspecified atom stereocenters. The lowest BCUT2D eigenvalue weighted by molar-refractivity contribution is -0.116. The summed E-state index contributed by atoms with van der Waals surface area (Å²) >= 11 is 1.51. The van der Waals surface area contributed by atoms with Crippen molar-refractivity contribution in [1.29, 1.82) is 0 Å². The summed E-state index contributed by atoms with van der Waals surface area (Å²) in [4.78, 5) is 17.9. The zero-order valence-corrected chi connectivity index (χ0v) is 16.1. The zero-order chi connectivity index (χ0) is 19.1. The van der Waals surface area contributed by atoms with Crippen molar-refractivity contribution in [1.82, 2.24) is 10.3 Å². The van der Waals surface area contributed by atoms with Gasteiger partial charge < -0.3 is 0 Å². The SMILES string of the molecule is CCSC1=NN2C(=c3ccccc3=N[C@@H]2c2ccc3ccccc3c2)C(=O)N1. The Hall–Kier alpha value is -3.12. The van der Waals surface area contributed by atoms with E-state index in [-0.39, 0.29) is 12.1 Å². The molecule has 1 amide bonds. The van der Waals surface area contributed by atoms with E-state index in [4.69, 9.17) is 10.1 Å². The average molecular weight is 386 g/mol. The van der Waals surface area contributed by atoms with Gasteiger partial charge in [0, 0.05) is 5.22 Å². The zero-order valence-electron chi connectivity index (χ0n) is 15.3. The normalized spacial score (nSPS) is 18.1. The number of nitrogens with one attached hydrogen (secondary N) is 1. The number of carbonyl (C=O) groups excluding carboxylic acids is 1. The van der Waals surface area contributed by atoms with Crippen LogP contribution >= 0.6 is 11.8 Å². The lowest BCUT2D eigenvalue weighted by Crippen LogP contribution is -2.50. The summed E-state index contributed by atoms with van der Waals surface area (Å²) in [6, 6.07) is 22.3. The highest BCUT2D eigenvalue weighted by Gasteiger charge is 2.34. The monoisotopic (exact) mass is 386 g/mol. The minimum Gasteiger partial charge on any atom is -0.298 e. The maximum atomic E-state index is 12.9. The van der Waals surface area contributed by atoms with Crippen LogP contribution in [0.15, 0.2) is 76.8 Å². The fraction of sp³-hybridized carbons (Fsp3) is 0.136. The maximum absolute atomic E-state index is 12.9. The highest BCUT2D eigenvalue weighted by Crippen LogP contribution is 2.32. The van der Waals surface area contributed by atoms with Gasteiger partial charge in [-0.2, -0.15) is 0 Å². The van der Waals surface area contributed by atoms with Crippen LogP contribution in [0.5, 0.6) is 0 Å². The van der Waals surface area contributed by atoms with E-state index in [0.717, 1.165) is 27.3 Å². The number of hydrogen-bond donors (Lipinski definition) is 1. The van der Waals surface area contributed by atoms with Gasteiger partial charge in [0.2, 0.25) is 0 Å². The third-order valence-electron chi connectivity index (χ3n) is 4.87. The molecule has 138 valence electrons. The fourth-order valence-corrected chi connectivity index (χ4v) is 4.20. The van der Waals surface area contributed by atoms with Crippen LogP contribution in [-0.4, -0.2) is 21.8 Å². The Morgan fingerprint density at radius 2 is 1.82 bits per heavy atom. The highest BCUT2D eigenvalue weighted by molar-refractivity contribution is 8.13. The molecule has 5 rings (SSSR count). The molecule has 0 bridgehead atoms. The third kappa shape index (κ3) is 2.77. The third-order valence-corrected chi connectivity index (χ3v) is 5.61. The number of hydrogen-bond acceptors (Lipinski definition) is 5. The lowest BCUT2D eigenvalue weighted by Gasteiger charge is -2.34. The van der Waals surface area contributed by atoms with Crippen molar-refractivity contribution in [3.63, 3.8) is 0 Å². The van der Waals surface area contributed by atoms with E-state index in [2.05, 4.69) is 35.6 Å². The minimum atomic E-state index is -0.381. The summed E-state index contributed by atoms with van der Waals surface area (Å²) in [5, 5.41) is 14.0. The van der Waals surface area contributed by atoms with Gasteiger partial charge >= 0.3 is 0 Å². The Bertz CT molecular complexity index is 1250. The predicted octanol–water partition coefficient (Wildman–Crippen LogP) is 2.74. The molecule has 1 N–H and O–H groups in total. The molecule has 0 radical (unpaired) electrons. The Kier molecular flexibility index (Phi) is 4.13. The first-order valence-corrected chi connectivity index (χ1v) is 10.2. The number of benzene rings is 3. The van der Waals surface area contributed by atoms with Crippen LogP contribution in [0, 0.1) is 0 Å². The average Bonchev–Trinajstić information content (AvgIpc) is 2.73. The van der Waals surface area contributed by atoms with E-state index in [9.17, 15) is 4.79 Å². The Morgan fingerprint density at radius 1 is 1.04 bits per heavy atom. The molecule has 2 aliphatic heterocycles. The molecule has 0 spiro atoms. The van der Waals surface area contributed by atoms with E-state index >= 15 is 0 Å². The largest absolute Gasteiger partial charge is 0.298 e. The van der Waals surface area contributed by atoms with Crippen LogP contribution in [0.3, 0.4) is 0 Å². The van der Waals surface area contributed by atoms with Gasteiger partial charge in [0.05, 0.1) is 5.36 Å². The summed E-state index contributed by atoms with van der Waals surface area (Å²) in [6.45, 7) is 2.04. The van der Waals surface area contributed by atoms with Crippen molar-refractivity contribution in [2.45, 2.75) is 13.1 Å². The number of amidine groups is 1. The van der Waals surface area contributed by atoms with Crippen molar-refractivity contribution >= 4 is 39.3 Å². The van der Waals surface area contributed by atoms with Crippen LogP contribution in [0.4, 0.5) is 0 Å². The molecule has 0 saturated carbocycles. The van der Waals surface area contributed by atoms with E-state index in [1.807, 2.05) is 43.3 Å². The lowest BCUT2D eigenvalue weighted by atomic mass is 10.0. The van der Waals surface area contributed by atoms with Crippen molar-refractivity contribution in [2.24, 2.45) is 10.1 Å². The fourth-order valence-electron chi connectivity index (χ4n) is 3.61. The first-order chi connectivity index (χ1) is 13.7. The smallest absolute Gasteiger partial charge is 0.276 e.